The van der Waals surface area contributed by atoms with Gasteiger partial charge in [0, 0.05) is 16.8 Å². The molecule has 4 rings (SSSR count). The molecule has 1 unspecified atom stereocenters. The Kier molecular flexibility index (Phi) is 9.20. The van der Waals surface area contributed by atoms with Crippen molar-refractivity contribution in [3.8, 4) is 34.2 Å². The van der Waals surface area contributed by atoms with E-state index >= 15 is 0 Å². The molecule has 0 aliphatic carbocycles. The van der Waals surface area contributed by atoms with Gasteiger partial charge in [0.15, 0.2) is 0 Å². The van der Waals surface area contributed by atoms with E-state index in [1.54, 1.807) is 45.2 Å². The van der Waals surface area contributed by atoms with Gasteiger partial charge in [0.1, 0.15) is 16.8 Å². The molecule has 0 bridgehead atoms. The van der Waals surface area contributed by atoms with Gasteiger partial charge in [-0.1, -0.05) is 41.6 Å². The van der Waals surface area contributed by atoms with Gasteiger partial charge in [-0.05, 0) is 80.9 Å². The van der Waals surface area contributed by atoms with Crippen LogP contribution in [0.1, 0.15) is 35.3 Å². The molecule has 0 saturated carbocycles. The SMILES string of the molecule is CCOC(=O)c1ccc(NC(=O)C(C)Sc2nc(-c3ccc(OC)cc3)cc(-c3ccc(C)cc3)c2C#N)cc1. The number of ether oxygens (including phenoxy) is 2. The summed E-state index contributed by atoms with van der Waals surface area (Å²) in [5, 5.41) is 13.0. The van der Waals surface area contributed by atoms with Crippen molar-refractivity contribution in [1.29, 1.82) is 5.26 Å². The predicted octanol–water partition coefficient (Wildman–Crippen LogP) is 6.90. The molecular formula is C32H29N3O4S. The fraction of sp³-hybridized carbons (Fsp3) is 0.188. The molecular weight excluding hydrogens is 522 g/mol. The van der Waals surface area contributed by atoms with Crippen LogP contribution in [0.2, 0.25) is 0 Å². The molecule has 0 aliphatic heterocycles. The molecule has 202 valence electrons. The van der Waals surface area contributed by atoms with E-state index in [4.69, 9.17) is 14.5 Å². The molecule has 1 N–H and O–H groups in total. The number of aromatic nitrogens is 1. The normalized spacial score (nSPS) is 11.3. The number of methoxy groups -OCH3 is 1. The second-order valence-electron chi connectivity index (χ2n) is 8.99. The van der Waals surface area contributed by atoms with Crippen LogP contribution in [-0.4, -0.2) is 35.8 Å². The van der Waals surface area contributed by atoms with Crippen molar-refractivity contribution in [3.05, 3.63) is 95.6 Å². The largest absolute Gasteiger partial charge is 0.497 e. The van der Waals surface area contributed by atoms with Crippen molar-refractivity contribution in [3.63, 3.8) is 0 Å². The molecule has 40 heavy (non-hydrogen) atoms. The third-order valence-electron chi connectivity index (χ3n) is 6.17. The smallest absolute Gasteiger partial charge is 0.338 e. The molecule has 3 aromatic carbocycles. The Balaban J connectivity index is 1.64. The maximum atomic E-state index is 13.1. The van der Waals surface area contributed by atoms with E-state index in [2.05, 4.69) is 11.4 Å². The summed E-state index contributed by atoms with van der Waals surface area (Å²) in [5.41, 5.74) is 5.65. The number of carbonyl (C=O) groups excluding carboxylic acids is 2. The number of anilines is 1. The first kappa shape index (κ1) is 28.4. The van der Waals surface area contributed by atoms with Crippen LogP contribution < -0.4 is 10.1 Å². The number of carbonyl (C=O) groups is 2. The summed E-state index contributed by atoms with van der Waals surface area (Å²) >= 11 is 1.22. The summed E-state index contributed by atoms with van der Waals surface area (Å²) in [7, 11) is 1.61. The zero-order chi connectivity index (χ0) is 28.6. The minimum Gasteiger partial charge on any atom is -0.497 e. The molecule has 1 atom stereocenters. The molecule has 0 spiro atoms. The lowest BCUT2D eigenvalue weighted by atomic mass is 9.98. The van der Waals surface area contributed by atoms with Crippen molar-refractivity contribution in [2.24, 2.45) is 0 Å². The predicted molar refractivity (Wildman–Crippen MR) is 157 cm³/mol. The summed E-state index contributed by atoms with van der Waals surface area (Å²) in [4.78, 5) is 29.8. The summed E-state index contributed by atoms with van der Waals surface area (Å²) < 4.78 is 10.3. The number of amides is 1. The Morgan fingerprint density at radius 2 is 1.65 bits per heavy atom. The van der Waals surface area contributed by atoms with Gasteiger partial charge in [-0.3, -0.25) is 4.79 Å². The minimum atomic E-state index is -0.568. The van der Waals surface area contributed by atoms with Crippen LogP contribution in [0.4, 0.5) is 5.69 Å². The molecule has 7 nitrogen and oxygen atoms in total. The number of hydrogen-bond acceptors (Lipinski definition) is 7. The van der Waals surface area contributed by atoms with Crippen LogP contribution in [-0.2, 0) is 9.53 Å². The first-order valence-corrected chi connectivity index (χ1v) is 13.6. The molecule has 1 amide bonds. The zero-order valence-corrected chi connectivity index (χ0v) is 23.5. The summed E-state index contributed by atoms with van der Waals surface area (Å²) in [6.45, 7) is 5.81. The van der Waals surface area contributed by atoms with E-state index < -0.39 is 11.2 Å². The molecule has 0 saturated heterocycles. The standard InChI is InChI=1S/C32H29N3O4S/c1-5-39-32(37)24-10-14-25(15-11-24)34-30(36)21(3)40-31-28(19-33)27(22-8-6-20(2)7-9-22)18-29(35-31)23-12-16-26(38-4)17-13-23/h6-18,21H,5H2,1-4H3,(H,34,36). The number of pyridine rings is 1. The van der Waals surface area contributed by atoms with E-state index in [0.717, 1.165) is 28.0 Å². The van der Waals surface area contributed by atoms with Gasteiger partial charge in [-0.2, -0.15) is 5.26 Å². The van der Waals surface area contributed by atoms with E-state index in [0.29, 0.717) is 27.5 Å². The summed E-state index contributed by atoms with van der Waals surface area (Å²) in [6.07, 6.45) is 0. The lowest BCUT2D eigenvalue weighted by molar-refractivity contribution is -0.115. The average Bonchev–Trinajstić information content (AvgIpc) is 2.97. The topological polar surface area (TPSA) is 101 Å². The van der Waals surface area contributed by atoms with E-state index in [1.807, 2.05) is 61.5 Å². The highest BCUT2D eigenvalue weighted by atomic mass is 32.2. The fourth-order valence-electron chi connectivity index (χ4n) is 3.95. The molecule has 1 aromatic heterocycles. The average molecular weight is 552 g/mol. The number of esters is 1. The highest BCUT2D eigenvalue weighted by Gasteiger charge is 2.22. The Morgan fingerprint density at radius 1 is 1.00 bits per heavy atom. The second-order valence-corrected chi connectivity index (χ2v) is 10.3. The first-order valence-electron chi connectivity index (χ1n) is 12.7. The molecule has 8 heteroatoms. The lowest BCUT2D eigenvalue weighted by Gasteiger charge is -2.16. The van der Waals surface area contributed by atoms with Crippen LogP contribution in [0.25, 0.3) is 22.4 Å². The Bertz CT molecular complexity index is 1540. The van der Waals surface area contributed by atoms with Gasteiger partial charge in [0.2, 0.25) is 5.91 Å². The minimum absolute atomic E-state index is 0.258. The van der Waals surface area contributed by atoms with Crippen molar-refractivity contribution in [2.75, 3.05) is 19.0 Å². The van der Waals surface area contributed by atoms with E-state index in [9.17, 15) is 14.9 Å². The van der Waals surface area contributed by atoms with E-state index in [-0.39, 0.29) is 12.5 Å². The number of rotatable bonds is 9. The fourth-order valence-corrected chi connectivity index (χ4v) is 4.88. The van der Waals surface area contributed by atoms with Gasteiger partial charge in [-0.15, -0.1) is 0 Å². The van der Waals surface area contributed by atoms with Gasteiger partial charge in [0.05, 0.1) is 35.8 Å². The monoisotopic (exact) mass is 551 g/mol. The van der Waals surface area contributed by atoms with Gasteiger partial charge >= 0.3 is 5.97 Å². The van der Waals surface area contributed by atoms with Gasteiger partial charge < -0.3 is 14.8 Å². The van der Waals surface area contributed by atoms with Crippen molar-refractivity contribution < 1.29 is 19.1 Å². The van der Waals surface area contributed by atoms with Crippen LogP contribution in [0.15, 0.2) is 83.9 Å². The number of nitriles is 1. The molecule has 0 fully saturated rings. The summed E-state index contributed by atoms with van der Waals surface area (Å²) in [6, 6.07) is 26.2. The molecule has 4 aromatic rings. The quantitative estimate of drug-likeness (QED) is 0.178. The number of aryl methyl sites for hydroxylation is 1. The number of nitrogens with zero attached hydrogens (tertiary/aromatic N) is 2. The summed E-state index contributed by atoms with van der Waals surface area (Å²) in [5.74, 6) is 0.0539. The van der Waals surface area contributed by atoms with Gasteiger partial charge in [0.25, 0.3) is 0 Å². The van der Waals surface area contributed by atoms with Crippen LogP contribution in [0, 0.1) is 18.3 Å². The van der Waals surface area contributed by atoms with E-state index in [1.165, 1.54) is 11.8 Å². The Morgan fingerprint density at radius 3 is 2.25 bits per heavy atom. The Hall–Kier alpha value is -4.61. The number of thioether (sulfide) groups is 1. The van der Waals surface area contributed by atoms with Crippen LogP contribution >= 0.6 is 11.8 Å². The van der Waals surface area contributed by atoms with Gasteiger partial charge in [-0.25, -0.2) is 9.78 Å². The lowest BCUT2D eigenvalue weighted by Crippen LogP contribution is -2.22. The number of nitrogens with one attached hydrogen (secondary N) is 1. The highest BCUT2D eigenvalue weighted by molar-refractivity contribution is 8.00. The zero-order valence-electron chi connectivity index (χ0n) is 22.7. The third-order valence-corrected chi connectivity index (χ3v) is 7.25. The molecule has 1 heterocycles. The maximum absolute atomic E-state index is 13.1. The van der Waals surface area contributed by atoms with Crippen molar-refractivity contribution >= 4 is 29.3 Å². The second kappa shape index (κ2) is 13.0. The third kappa shape index (κ3) is 6.68. The van der Waals surface area contributed by atoms with Crippen LogP contribution in [0.3, 0.4) is 0 Å². The molecule has 0 aliphatic rings. The maximum Gasteiger partial charge on any atom is 0.338 e. The Labute approximate surface area is 238 Å². The first-order chi connectivity index (χ1) is 19.3. The highest BCUT2D eigenvalue weighted by Crippen LogP contribution is 2.36. The number of benzene rings is 3. The number of hydrogen-bond donors (Lipinski definition) is 1. The molecule has 0 radical (unpaired) electrons. The van der Waals surface area contributed by atoms with Crippen molar-refractivity contribution in [2.45, 2.75) is 31.0 Å². The van der Waals surface area contributed by atoms with Crippen LogP contribution in [0.5, 0.6) is 5.75 Å². The van der Waals surface area contributed by atoms with Crippen molar-refractivity contribution in [1.82, 2.24) is 4.98 Å².